The number of anilines is 1. The third kappa shape index (κ3) is 4.02. The monoisotopic (exact) mass is 233 g/mol. The molecule has 0 aliphatic carbocycles. The minimum absolute atomic E-state index is 0.0208. The van der Waals surface area contributed by atoms with Crippen molar-refractivity contribution in [3.8, 4) is 0 Å². The third-order valence-electron chi connectivity index (χ3n) is 2.73. The van der Waals surface area contributed by atoms with Crippen molar-refractivity contribution in [3.05, 3.63) is 29.8 Å². The van der Waals surface area contributed by atoms with Crippen molar-refractivity contribution < 1.29 is 9.59 Å². The summed E-state index contributed by atoms with van der Waals surface area (Å²) in [4.78, 5) is 22.8. The molecule has 1 atom stereocenters. The van der Waals surface area contributed by atoms with Crippen molar-refractivity contribution in [1.82, 2.24) is 0 Å². The molecule has 1 aromatic rings. The van der Waals surface area contributed by atoms with Crippen molar-refractivity contribution in [1.29, 1.82) is 0 Å². The summed E-state index contributed by atoms with van der Waals surface area (Å²) in [7, 11) is 0. The summed E-state index contributed by atoms with van der Waals surface area (Å²) in [6, 6.07) is 6.96. The highest BCUT2D eigenvalue weighted by atomic mass is 16.1. The van der Waals surface area contributed by atoms with E-state index in [4.69, 9.17) is 0 Å². The van der Waals surface area contributed by atoms with Crippen LogP contribution < -0.4 is 5.32 Å². The molecule has 17 heavy (non-hydrogen) atoms. The Morgan fingerprint density at radius 2 is 1.82 bits per heavy atom. The van der Waals surface area contributed by atoms with Crippen LogP contribution in [0.2, 0.25) is 0 Å². The predicted molar refractivity (Wildman–Crippen MR) is 69.1 cm³/mol. The first-order valence-corrected chi connectivity index (χ1v) is 5.96. The van der Waals surface area contributed by atoms with Crippen molar-refractivity contribution in [3.63, 3.8) is 0 Å². The van der Waals surface area contributed by atoms with E-state index in [0.717, 1.165) is 18.5 Å². The topological polar surface area (TPSA) is 46.2 Å². The lowest BCUT2D eigenvalue weighted by Gasteiger charge is -2.11. The first kappa shape index (κ1) is 13.4. The van der Waals surface area contributed by atoms with Crippen molar-refractivity contribution in [2.75, 3.05) is 5.32 Å². The van der Waals surface area contributed by atoms with E-state index in [-0.39, 0.29) is 17.6 Å². The lowest BCUT2D eigenvalue weighted by atomic mass is 10.1. The summed E-state index contributed by atoms with van der Waals surface area (Å²) in [6.07, 6.45) is 1.88. The van der Waals surface area contributed by atoms with Crippen molar-refractivity contribution >= 4 is 17.4 Å². The maximum Gasteiger partial charge on any atom is 0.227 e. The van der Waals surface area contributed by atoms with Crippen LogP contribution in [0.1, 0.15) is 44.0 Å². The second-order valence-corrected chi connectivity index (χ2v) is 4.31. The van der Waals surface area contributed by atoms with Crippen LogP contribution in [-0.2, 0) is 4.79 Å². The van der Waals surface area contributed by atoms with Crippen LogP contribution in [0.5, 0.6) is 0 Å². The smallest absolute Gasteiger partial charge is 0.227 e. The van der Waals surface area contributed by atoms with E-state index in [2.05, 4.69) is 12.2 Å². The normalized spacial score (nSPS) is 11.9. The standard InChI is InChI=1S/C14H19NO2/c1-4-5-10(2)14(17)15-13-8-6-12(7-9-13)11(3)16/h6-10H,4-5H2,1-3H3,(H,15,17)/t10-/m0/s1. The fourth-order valence-corrected chi connectivity index (χ4v) is 1.62. The molecule has 0 saturated heterocycles. The van der Waals surface area contributed by atoms with E-state index in [0.29, 0.717) is 5.56 Å². The van der Waals surface area contributed by atoms with Crippen LogP contribution in [0, 0.1) is 5.92 Å². The highest BCUT2D eigenvalue weighted by molar-refractivity contribution is 5.96. The molecule has 0 unspecified atom stereocenters. The van der Waals surface area contributed by atoms with Gasteiger partial charge >= 0.3 is 0 Å². The van der Waals surface area contributed by atoms with Gasteiger partial charge in [-0.25, -0.2) is 0 Å². The average Bonchev–Trinajstić information content (AvgIpc) is 2.30. The molecule has 3 nitrogen and oxygen atoms in total. The van der Waals surface area contributed by atoms with E-state index in [9.17, 15) is 9.59 Å². The molecule has 0 fully saturated rings. The minimum Gasteiger partial charge on any atom is -0.326 e. The van der Waals surface area contributed by atoms with Gasteiger partial charge in [-0.05, 0) is 37.6 Å². The molecule has 92 valence electrons. The Bertz CT molecular complexity index is 395. The first-order valence-electron chi connectivity index (χ1n) is 5.96. The van der Waals surface area contributed by atoms with Crippen LogP contribution >= 0.6 is 0 Å². The zero-order chi connectivity index (χ0) is 12.8. The molecule has 0 aliphatic heterocycles. The van der Waals surface area contributed by atoms with Crippen LogP contribution in [-0.4, -0.2) is 11.7 Å². The maximum atomic E-state index is 11.7. The molecule has 0 radical (unpaired) electrons. The molecule has 0 heterocycles. The van der Waals surface area contributed by atoms with Crippen LogP contribution in [0.25, 0.3) is 0 Å². The van der Waals surface area contributed by atoms with Crippen molar-refractivity contribution in [2.24, 2.45) is 5.92 Å². The van der Waals surface area contributed by atoms with E-state index in [1.165, 1.54) is 6.92 Å². The van der Waals surface area contributed by atoms with E-state index in [1.54, 1.807) is 24.3 Å². The van der Waals surface area contributed by atoms with Gasteiger partial charge in [-0.15, -0.1) is 0 Å². The Morgan fingerprint density at radius 1 is 1.24 bits per heavy atom. The van der Waals surface area contributed by atoms with E-state index in [1.807, 2.05) is 6.92 Å². The third-order valence-corrected chi connectivity index (χ3v) is 2.73. The predicted octanol–water partition coefficient (Wildman–Crippen LogP) is 3.26. The summed E-state index contributed by atoms with van der Waals surface area (Å²) >= 11 is 0. The quantitative estimate of drug-likeness (QED) is 0.793. The molecule has 0 bridgehead atoms. The number of carbonyl (C=O) groups excluding carboxylic acids is 2. The van der Waals surface area contributed by atoms with Crippen LogP contribution in [0.3, 0.4) is 0 Å². The highest BCUT2D eigenvalue weighted by Crippen LogP contribution is 2.13. The Balaban J connectivity index is 2.63. The van der Waals surface area contributed by atoms with Gasteiger partial charge in [0.15, 0.2) is 5.78 Å². The van der Waals surface area contributed by atoms with Crippen molar-refractivity contribution in [2.45, 2.75) is 33.6 Å². The molecule has 1 rings (SSSR count). The number of hydrogen-bond acceptors (Lipinski definition) is 2. The molecule has 0 aliphatic rings. The van der Waals surface area contributed by atoms with Gasteiger partial charge in [0.05, 0.1) is 0 Å². The Labute approximate surface area is 102 Å². The summed E-state index contributed by atoms with van der Waals surface area (Å²) in [5, 5.41) is 2.84. The van der Waals surface area contributed by atoms with Gasteiger partial charge in [-0.2, -0.15) is 0 Å². The Hall–Kier alpha value is -1.64. The summed E-state index contributed by atoms with van der Waals surface area (Å²) in [6.45, 7) is 5.51. The van der Waals surface area contributed by atoms with Gasteiger partial charge in [0, 0.05) is 17.2 Å². The Kier molecular flexibility index (Phi) is 4.88. The minimum atomic E-state index is 0.0208. The first-order chi connectivity index (χ1) is 8.04. The van der Waals surface area contributed by atoms with E-state index < -0.39 is 0 Å². The Morgan fingerprint density at radius 3 is 2.29 bits per heavy atom. The highest BCUT2D eigenvalue weighted by Gasteiger charge is 2.11. The van der Waals surface area contributed by atoms with Gasteiger partial charge in [-0.1, -0.05) is 20.3 Å². The molecular weight excluding hydrogens is 214 g/mol. The number of nitrogens with one attached hydrogen (secondary N) is 1. The molecule has 0 spiro atoms. The molecule has 3 heteroatoms. The van der Waals surface area contributed by atoms with Crippen LogP contribution in [0.15, 0.2) is 24.3 Å². The average molecular weight is 233 g/mol. The van der Waals surface area contributed by atoms with E-state index >= 15 is 0 Å². The molecular formula is C14H19NO2. The fraction of sp³-hybridized carbons (Fsp3) is 0.429. The van der Waals surface area contributed by atoms with Gasteiger partial charge in [-0.3, -0.25) is 9.59 Å². The van der Waals surface area contributed by atoms with Gasteiger partial charge in [0.2, 0.25) is 5.91 Å². The van der Waals surface area contributed by atoms with Gasteiger partial charge < -0.3 is 5.32 Å². The second kappa shape index (κ2) is 6.18. The number of benzene rings is 1. The number of rotatable bonds is 5. The zero-order valence-electron chi connectivity index (χ0n) is 10.6. The largest absolute Gasteiger partial charge is 0.326 e. The fourth-order valence-electron chi connectivity index (χ4n) is 1.62. The zero-order valence-corrected chi connectivity index (χ0v) is 10.6. The summed E-state index contributed by atoms with van der Waals surface area (Å²) < 4.78 is 0. The second-order valence-electron chi connectivity index (χ2n) is 4.31. The lowest BCUT2D eigenvalue weighted by Crippen LogP contribution is -2.20. The molecule has 1 N–H and O–H groups in total. The number of ketones is 1. The molecule has 0 saturated carbocycles. The summed E-state index contributed by atoms with van der Waals surface area (Å²) in [5.74, 6) is 0.0807. The molecule has 1 amide bonds. The lowest BCUT2D eigenvalue weighted by molar-refractivity contribution is -0.119. The van der Waals surface area contributed by atoms with Gasteiger partial charge in [0.1, 0.15) is 0 Å². The molecule has 0 aromatic heterocycles. The number of hydrogen-bond donors (Lipinski definition) is 1. The number of amides is 1. The SMILES string of the molecule is CCC[C@H](C)C(=O)Nc1ccc(C(C)=O)cc1. The molecule has 1 aromatic carbocycles. The summed E-state index contributed by atoms with van der Waals surface area (Å²) in [5.41, 5.74) is 1.40. The van der Waals surface area contributed by atoms with Gasteiger partial charge in [0.25, 0.3) is 0 Å². The number of carbonyl (C=O) groups is 2. The van der Waals surface area contributed by atoms with Crippen LogP contribution in [0.4, 0.5) is 5.69 Å². The number of Topliss-reactive ketones (excluding diaryl/α,β-unsaturated/α-hetero) is 1. The maximum absolute atomic E-state index is 11.7.